The Bertz CT molecular complexity index is 415. The Morgan fingerprint density at radius 2 is 2.18 bits per heavy atom. The maximum Gasteiger partial charge on any atom is 0.166 e. The highest BCUT2D eigenvalue weighted by Crippen LogP contribution is 2.21. The van der Waals surface area contributed by atoms with E-state index in [4.69, 9.17) is 5.26 Å². The van der Waals surface area contributed by atoms with Gasteiger partial charge in [0.1, 0.15) is 6.07 Å². The molecule has 1 aliphatic carbocycles. The van der Waals surface area contributed by atoms with Crippen LogP contribution in [0.5, 0.6) is 0 Å². The summed E-state index contributed by atoms with van der Waals surface area (Å²) in [6.07, 6.45) is 6.14. The van der Waals surface area contributed by atoms with E-state index in [1.54, 1.807) is 6.07 Å². The van der Waals surface area contributed by atoms with Crippen LogP contribution >= 0.6 is 0 Å². The van der Waals surface area contributed by atoms with Crippen LogP contribution in [-0.2, 0) is 0 Å². The SMILES string of the molecule is N#Cc1ccnnc1NC1CCCCCC1O. The lowest BCUT2D eigenvalue weighted by Crippen LogP contribution is -2.33. The van der Waals surface area contributed by atoms with Crippen LogP contribution in [0, 0.1) is 11.3 Å². The summed E-state index contributed by atoms with van der Waals surface area (Å²) in [4.78, 5) is 0. The molecule has 0 bridgehead atoms. The number of aliphatic hydroxyl groups is 1. The third-order valence-corrected chi connectivity index (χ3v) is 3.14. The number of aliphatic hydroxyl groups excluding tert-OH is 1. The Kier molecular flexibility index (Phi) is 3.89. The molecule has 0 radical (unpaired) electrons. The predicted molar refractivity (Wildman–Crippen MR) is 63.2 cm³/mol. The minimum absolute atomic E-state index is 0.0266. The number of nitrogens with zero attached hydrogens (tertiary/aromatic N) is 3. The van der Waals surface area contributed by atoms with Crippen LogP contribution in [0.2, 0.25) is 0 Å². The average molecular weight is 232 g/mol. The number of nitrogens with one attached hydrogen (secondary N) is 1. The quantitative estimate of drug-likeness (QED) is 0.754. The Hall–Kier alpha value is -1.67. The highest BCUT2D eigenvalue weighted by molar-refractivity contribution is 5.50. The third kappa shape index (κ3) is 2.92. The fourth-order valence-corrected chi connectivity index (χ4v) is 2.16. The first-order chi connectivity index (χ1) is 8.31. The Morgan fingerprint density at radius 3 is 3.00 bits per heavy atom. The van der Waals surface area contributed by atoms with Crippen molar-refractivity contribution < 1.29 is 5.11 Å². The van der Waals surface area contributed by atoms with Crippen LogP contribution < -0.4 is 5.32 Å². The summed E-state index contributed by atoms with van der Waals surface area (Å²) < 4.78 is 0. The molecule has 5 heteroatoms. The minimum atomic E-state index is -0.369. The summed E-state index contributed by atoms with van der Waals surface area (Å²) in [5, 5.41) is 29.7. The number of anilines is 1. The summed E-state index contributed by atoms with van der Waals surface area (Å²) in [7, 11) is 0. The molecule has 2 N–H and O–H groups in total. The van der Waals surface area contributed by atoms with Gasteiger partial charge in [-0.05, 0) is 18.9 Å². The molecule has 1 fully saturated rings. The van der Waals surface area contributed by atoms with Crippen molar-refractivity contribution in [3.63, 3.8) is 0 Å². The molecule has 0 aliphatic heterocycles. The lowest BCUT2D eigenvalue weighted by Gasteiger charge is -2.22. The van der Waals surface area contributed by atoms with Crippen LogP contribution in [0.3, 0.4) is 0 Å². The number of rotatable bonds is 2. The molecular weight excluding hydrogens is 216 g/mol. The van der Waals surface area contributed by atoms with E-state index < -0.39 is 0 Å². The van der Waals surface area contributed by atoms with Gasteiger partial charge in [0.15, 0.2) is 5.82 Å². The summed E-state index contributed by atoms with van der Waals surface area (Å²) in [6, 6.07) is 3.67. The molecule has 1 saturated carbocycles. The Morgan fingerprint density at radius 1 is 1.35 bits per heavy atom. The van der Waals surface area contributed by atoms with E-state index in [1.807, 2.05) is 0 Å². The normalized spacial score (nSPS) is 24.7. The first-order valence-corrected chi connectivity index (χ1v) is 5.97. The van der Waals surface area contributed by atoms with Crippen molar-refractivity contribution in [3.8, 4) is 6.07 Å². The van der Waals surface area contributed by atoms with E-state index in [-0.39, 0.29) is 12.1 Å². The molecule has 1 aliphatic rings. The molecule has 1 aromatic heterocycles. The van der Waals surface area contributed by atoms with Crippen LogP contribution in [0.15, 0.2) is 12.3 Å². The molecule has 90 valence electrons. The molecular formula is C12H16N4O. The first-order valence-electron chi connectivity index (χ1n) is 5.97. The van der Waals surface area contributed by atoms with E-state index in [0.29, 0.717) is 11.4 Å². The molecule has 5 nitrogen and oxygen atoms in total. The van der Waals surface area contributed by atoms with E-state index in [1.165, 1.54) is 6.20 Å². The van der Waals surface area contributed by atoms with Gasteiger partial charge in [0.2, 0.25) is 0 Å². The maximum absolute atomic E-state index is 9.98. The third-order valence-electron chi connectivity index (χ3n) is 3.14. The standard InChI is InChI=1S/C12H16N4O/c13-8-9-6-7-14-16-12(9)15-10-4-2-1-3-5-11(10)17/h6-7,10-11,17H,1-5H2,(H,15,16). The maximum atomic E-state index is 9.98. The summed E-state index contributed by atoms with van der Waals surface area (Å²) in [5.41, 5.74) is 0.469. The van der Waals surface area contributed by atoms with Gasteiger partial charge in [-0.25, -0.2) is 0 Å². The van der Waals surface area contributed by atoms with Gasteiger partial charge in [-0.2, -0.15) is 10.4 Å². The smallest absolute Gasteiger partial charge is 0.166 e. The van der Waals surface area contributed by atoms with E-state index in [2.05, 4.69) is 21.6 Å². The lowest BCUT2D eigenvalue weighted by atomic mass is 10.1. The number of hydrogen-bond donors (Lipinski definition) is 2. The van der Waals surface area contributed by atoms with Gasteiger partial charge in [-0.1, -0.05) is 19.3 Å². The second-order valence-corrected chi connectivity index (χ2v) is 4.36. The summed E-state index contributed by atoms with van der Waals surface area (Å²) >= 11 is 0. The average Bonchev–Trinajstić information content (AvgIpc) is 2.56. The first kappa shape index (κ1) is 11.8. The molecule has 0 aromatic carbocycles. The van der Waals surface area contributed by atoms with E-state index in [9.17, 15) is 5.11 Å². The lowest BCUT2D eigenvalue weighted by molar-refractivity contribution is 0.144. The number of nitriles is 1. The second kappa shape index (κ2) is 5.60. The van der Waals surface area contributed by atoms with Crippen molar-refractivity contribution >= 4 is 5.82 Å². The molecule has 2 atom stereocenters. The zero-order valence-electron chi connectivity index (χ0n) is 9.63. The van der Waals surface area contributed by atoms with Crippen molar-refractivity contribution in [1.82, 2.24) is 10.2 Å². The van der Waals surface area contributed by atoms with Crippen molar-refractivity contribution in [2.45, 2.75) is 44.2 Å². The molecule has 1 heterocycles. The molecule has 17 heavy (non-hydrogen) atoms. The monoisotopic (exact) mass is 232 g/mol. The van der Waals surface area contributed by atoms with Crippen LogP contribution in [0.4, 0.5) is 5.82 Å². The summed E-state index contributed by atoms with van der Waals surface area (Å²) in [5.74, 6) is 0.473. The van der Waals surface area contributed by atoms with Gasteiger partial charge in [0.05, 0.1) is 23.9 Å². The second-order valence-electron chi connectivity index (χ2n) is 4.36. The highest BCUT2D eigenvalue weighted by Gasteiger charge is 2.22. The van der Waals surface area contributed by atoms with Crippen LogP contribution in [0.1, 0.15) is 37.7 Å². The largest absolute Gasteiger partial charge is 0.391 e. The molecule has 0 saturated heterocycles. The topological polar surface area (TPSA) is 81.8 Å². The zero-order valence-corrected chi connectivity index (χ0v) is 9.63. The molecule has 2 rings (SSSR count). The van der Waals surface area contributed by atoms with Crippen molar-refractivity contribution in [3.05, 3.63) is 17.8 Å². The van der Waals surface area contributed by atoms with Crippen molar-refractivity contribution in [1.29, 1.82) is 5.26 Å². The van der Waals surface area contributed by atoms with Gasteiger partial charge in [0.25, 0.3) is 0 Å². The number of hydrogen-bond acceptors (Lipinski definition) is 5. The van der Waals surface area contributed by atoms with Gasteiger partial charge in [0, 0.05) is 0 Å². The van der Waals surface area contributed by atoms with Gasteiger partial charge in [-0.15, -0.1) is 5.10 Å². The number of aromatic nitrogens is 2. The Labute approximate surface area is 100 Å². The van der Waals surface area contributed by atoms with Gasteiger partial charge >= 0.3 is 0 Å². The fourth-order valence-electron chi connectivity index (χ4n) is 2.16. The predicted octanol–water partition coefficient (Wildman–Crippen LogP) is 1.45. The van der Waals surface area contributed by atoms with E-state index in [0.717, 1.165) is 32.1 Å². The molecule has 1 aromatic rings. The van der Waals surface area contributed by atoms with Crippen molar-refractivity contribution in [2.75, 3.05) is 5.32 Å². The molecule has 0 spiro atoms. The molecule has 0 amide bonds. The highest BCUT2D eigenvalue weighted by atomic mass is 16.3. The van der Waals surface area contributed by atoms with Gasteiger partial charge < -0.3 is 10.4 Å². The minimum Gasteiger partial charge on any atom is -0.391 e. The molecule has 2 unspecified atom stereocenters. The van der Waals surface area contributed by atoms with Gasteiger partial charge in [-0.3, -0.25) is 0 Å². The van der Waals surface area contributed by atoms with Crippen molar-refractivity contribution in [2.24, 2.45) is 0 Å². The fraction of sp³-hybridized carbons (Fsp3) is 0.583. The van der Waals surface area contributed by atoms with E-state index >= 15 is 0 Å². The zero-order chi connectivity index (χ0) is 12.1. The van der Waals surface area contributed by atoms with Crippen LogP contribution in [0.25, 0.3) is 0 Å². The van der Waals surface area contributed by atoms with Crippen LogP contribution in [-0.4, -0.2) is 27.4 Å². The Balaban J connectivity index is 2.11. The summed E-state index contributed by atoms with van der Waals surface area (Å²) in [6.45, 7) is 0.